The maximum absolute atomic E-state index is 12.4. The van der Waals surface area contributed by atoms with Crippen LogP contribution in [0.5, 0.6) is 0 Å². The third kappa shape index (κ3) is 2.63. The normalized spacial score (nSPS) is 19.7. The molecule has 0 aliphatic carbocycles. The Morgan fingerprint density at radius 3 is 2.95 bits per heavy atom. The first-order valence-electron chi connectivity index (χ1n) is 6.40. The molecule has 0 spiro atoms. The summed E-state index contributed by atoms with van der Waals surface area (Å²) >= 11 is 0. The van der Waals surface area contributed by atoms with Gasteiger partial charge in [0, 0.05) is 13.1 Å². The van der Waals surface area contributed by atoms with Crippen LogP contribution in [0.15, 0.2) is 16.7 Å². The monoisotopic (exact) mass is 265 g/mol. The van der Waals surface area contributed by atoms with Crippen molar-refractivity contribution in [3.63, 3.8) is 0 Å². The molecule has 6 heteroatoms. The molecular formula is C13H19N3O3. The Morgan fingerprint density at radius 1 is 1.63 bits per heavy atom. The molecule has 0 aromatic carbocycles. The molecule has 0 saturated carbocycles. The first-order valence-corrected chi connectivity index (χ1v) is 6.40. The van der Waals surface area contributed by atoms with Gasteiger partial charge in [0.15, 0.2) is 0 Å². The zero-order chi connectivity index (χ0) is 14.0. The van der Waals surface area contributed by atoms with Gasteiger partial charge in [-0.15, -0.1) is 0 Å². The molecule has 1 fully saturated rings. The molecule has 1 aliphatic heterocycles. The molecule has 2 amide bonds. The first kappa shape index (κ1) is 13.6. The zero-order valence-corrected chi connectivity index (χ0v) is 11.2. The number of hydrogen-bond donors (Lipinski definition) is 2. The van der Waals surface area contributed by atoms with E-state index in [1.807, 2.05) is 13.8 Å². The Kier molecular flexibility index (Phi) is 3.90. The number of nitrogens with one attached hydrogen (secondary N) is 1. The Morgan fingerprint density at radius 2 is 2.37 bits per heavy atom. The Bertz CT molecular complexity index is 481. The second-order valence-corrected chi connectivity index (χ2v) is 4.98. The van der Waals surface area contributed by atoms with Gasteiger partial charge in [0.05, 0.1) is 12.1 Å². The molecule has 0 bridgehead atoms. The molecule has 104 valence electrons. The van der Waals surface area contributed by atoms with Gasteiger partial charge in [0.1, 0.15) is 18.1 Å². The highest BCUT2D eigenvalue weighted by Crippen LogP contribution is 2.18. The lowest BCUT2D eigenvalue weighted by molar-refractivity contribution is -0.129. The highest BCUT2D eigenvalue weighted by atomic mass is 16.3. The standard InChI is InChI=1S/C13H19N3O3/c1-8(2)11-12(17)15-3-4-16(11)13(18)9-5-10(6-14)19-7-9/h5,7-8,11H,3-4,6,14H2,1-2H3,(H,15,17). The largest absolute Gasteiger partial charge is 0.467 e. The van der Waals surface area contributed by atoms with E-state index in [2.05, 4.69) is 5.32 Å². The van der Waals surface area contributed by atoms with E-state index in [1.165, 1.54) is 6.26 Å². The Balaban J connectivity index is 2.22. The molecule has 1 aromatic rings. The fourth-order valence-electron chi connectivity index (χ4n) is 2.34. The average Bonchev–Trinajstić information content (AvgIpc) is 2.85. The van der Waals surface area contributed by atoms with Crippen LogP contribution in [0.1, 0.15) is 30.0 Å². The summed E-state index contributed by atoms with van der Waals surface area (Å²) in [5.41, 5.74) is 5.90. The maximum Gasteiger partial charge on any atom is 0.257 e. The molecule has 2 heterocycles. The van der Waals surface area contributed by atoms with Crippen molar-refractivity contribution in [2.75, 3.05) is 13.1 Å². The number of nitrogens with zero attached hydrogens (tertiary/aromatic N) is 1. The van der Waals surface area contributed by atoms with E-state index in [1.54, 1.807) is 11.0 Å². The Hall–Kier alpha value is -1.82. The number of furan rings is 1. The van der Waals surface area contributed by atoms with Gasteiger partial charge in [0.25, 0.3) is 5.91 Å². The lowest BCUT2D eigenvalue weighted by Gasteiger charge is -2.37. The molecule has 6 nitrogen and oxygen atoms in total. The second kappa shape index (κ2) is 5.44. The number of hydrogen-bond acceptors (Lipinski definition) is 4. The van der Waals surface area contributed by atoms with Gasteiger partial charge >= 0.3 is 0 Å². The second-order valence-electron chi connectivity index (χ2n) is 4.98. The third-order valence-corrected chi connectivity index (χ3v) is 3.25. The molecule has 2 rings (SSSR count). The van der Waals surface area contributed by atoms with E-state index in [0.717, 1.165) is 0 Å². The lowest BCUT2D eigenvalue weighted by atomic mass is 9.99. The van der Waals surface area contributed by atoms with Crippen molar-refractivity contribution in [2.45, 2.75) is 26.4 Å². The van der Waals surface area contributed by atoms with E-state index in [9.17, 15) is 9.59 Å². The van der Waals surface area contributed by atoms with E-state index >= 15 is 0 Å². The summed E-state index contributed by atoms with van der Waals surface area (Å²) < 4.78 is 5.18. The van der Waals surface area contributed by atoms with E-state index < -0.39 is 6.04 Å². The summed E-state index contributed by atoms with van der Waals surface area (Å²) in [6.07, 6.45) is 1.40. The quantitative estimate of drug-likeness (QED) is 0.824. The fraction of sp³-hybridized carbons (Fsp3) is 0.538. The van der Waals surface area contributed by atoms with Gasteiger partial charge in [-0.2, -0.15) is 0 Å². The molecule has 1 atom stereocenters. The minimum atomic E-state index is -0.433. The molecule has 1 aromatic heterocycles. The van der Waals surface area contributed by atoms with E-state index in [0.29, 0.717) is 24.4 Å². The summed E-state index contributed by atoms with van der Waals surface area (Å²) in [6, 6.07) is 1.20. The molecule has 0 radical (unpaired) electrons. The van der Waals surface area contributed by atoms with Gasteiger partial charge < -0.3 is 20.4 Å². The minimum Gasteiger partial charge on any atom is -0.467 e. The predicted octanol–water partition coefficient (Wildman–Crippen LogP) is 0.335. The number of amides is 2. The molecule has 1 unspecified atom stereocenters. The zero-order valence-electron chi connectivity index (χ0n) is 11.2. The highest BCUT2D eigenvalue weighted by molar-refractivity contribution is 5.98. The van der Waals surface area contributed by atoms with Crippen LogP contribution in [0.25, 0.3) is 0 Å². The first-order chi connectivity index (χ1) is 9.04. The van der Waals surface area contributed by atoms with Crippen LogP contribution in [0, 0.1) is 5.92 Å². The van der Waals surface area contributed by atoms with Crippen LogP contribution in [0.3, 0.4) is 0 Å². The lowest BCUT2D eigenvalue weighted by Crippen LogP contribution is -2.59. The van der Waals surface area contributed by atoms with Gasteiger partial charge in [-0.05, 0) is 12.0 Å². The average molecular weight is 265 g/mol. The van der Waals surface area contributed by atoms with Crippen LogP contribution < -0.4 is 11.1 Å². The summed E-state index contributed by atoms with van der Waals surface area (Å²) in [7, 11) is 0. The van der Waals surface area contributed by atoms with Crippen molar-refractivity contribution in [2.24, 2.45) is 11.7 Å². The number of carbonyl (C=O) groups is 2. The van der Waals surface area contributed by atoms with Crippen molar-refractivity contribution in [1.29, 1.82) is 0 Å². The van der Waals surface area contributed by atoms with Crippen molar-refractivity contribution in [1.82, 2.24) is 10.2 Å². The molecular weight excluding hydrogens is 246 g/mol. The summed E-state index contributed by atoms with van der Waals surface area (Å²) in [5, 5.41) is 2.79. The van der Waals surface area contributed by atoms with Crippen LogP contribution in [-0.4, -0.2) is 35.8 Å². The van der Waals surface area contributed by atoms with Crippen molar-refractivity contribution >= 4 is 11.8 Å². The van der Waals surface area contributed by atoms with Gasteiger partial charge in [0.2, 0.25) is 5.91 Å². The number of nitrogens with two attached hydrogens (primary N) is 1. The topological polar surface area (TPSA) is 88.6 Å². The SMILES string of the molecule is CC(C)C1C(=O)NCCN1C(=O)c1coc(CN)c1. The number of piperazine rings is 1. The van der Waals surface area contributed by atoms with Crippen LogP contribution >= 0.6 is 0 Å². The van der Waals surface area contributed by atoms with E-state index in [4.69, 9.17) is 10.2 Å². The maximum atomic E-state index is 12.4. The Labute approximate surface area is 111 Å². The fourth-order valence-corrected chi connectivity index (χ4v) is 2.34. The summed E-state index contributed by atoms with van der Waals surface area (Å²) in [5.74, 6) is 0.338. The molecule has 1 aliphatic rings. The number of carbonyl (C=O) groups excluding carboxylic acids is 2. The summed E-state index contributed by atoms with van der Waals surface area (Å²) in [4.78, 5) is 25.9. The summed E-state index contributed by atoms with van der Waals surface area (Å²) in [6.45, 7) is 5.10. The van der Waals surface area contributed by atoms with E-state index in [-0.39, 0.29) is 24.3 Å². The van der Waals surface area contributed by atoms with Crippen molar-refractivity contribution < 1.29 is 14.0 Å². The highest BCUT2D eigenvalue weighted by Gasteiger charge is 2.35. The van der Waals surface area contributed by atoms with Crippen LogP contribution in [-0.2, 0) is 11.3 Å². The van der Waals surface area contributed by atoms with Crippen LogP contribution in [0.2, 0.25) is 0 Å². The molecule has 19 heavy (non-hydrogen) atoms. The predicted molar refractivity (Wildman–Crippen MR) is 69.3 cm³/mol. The van der Waals surface area contributed by atoms with Gasteiger partial charge in [-0.1, -0.05) is 13.8 Å². The number of rotatable bonds is 3. The smallest absolute Gasteiger partial charge is 0.257 e. The third-order valence-electron chi connectivity index (χ3n) is 3.25. The van der Waals surface area contributed by atoms with Crippen molar-refractivity contribution in [3.05, 3.63) is 23.7 Å². The minimum absolute atomic E-state index is 0.0603. The van der Waals surface area contributed by atoms with Gasteiger partial charge in [-0.3, -0.25) is 9.59 Å². The van der Waals surface area contributed by atoms with Gasteiger partial charge in [-0.25, -0.2) is 0 Å². The van der Waals surface area contributed by atoms with Crippen LogP contribution in [0.4, 0.5) is 0 Å². The molecule has 3 N–H and O–H groups in total. The van der Waals surface area contributed by atoms with Crippen molar-refractivity contribution in [3.8, 4) is 0 Å². The molecule has 1 saturated heterocycles.